The quantitative estimate of drug-likeness (QED) is 0.181. The Bertz CT molecular complexity index is 879. The lowest BCUT2D eigenvalue weighted by Gasteiger charge is -2.56. The van der Waals surface area contributed by atoms with Crippen molar-refractivity contribution < 1.29 is 29.0 Å². The molecule has 3 atom stereocenters. The highest BCUT2D eigenvalue weighted by Crippen LogP contribution is 2.47. The number of carbonyl (C=O) groups excluding carboxylic acids is 3. The molecule has 11 nitrogen and oxygen atoms in total. The number of carboxylic acids is 1. The zero-order valence-electron chi connectivity index (χ0n) is 16.0. The number of nitrogens with one attached hydrogen (secondary N) is 2. The second-order valence-corrected chi connectivity index (χ2v) is 8.89. The van der Waals surface area contributed by atoms with Crippen molar-refractivity contribution in [3.05, 3.63) is 16.8 Å². The topological polar surface area (TPSA) is 151 Å². The molecule has 1 aromatic rings. The summed E-state index contributed by atoms with van der Waals surface area (Å²) in [4.78, 5) is 53.4. The van der Waals surface area contributed by atoms with E-state index in [9.17, 15) is 24.3 Å². The van der Waals surface area contributed by atoms with Gasteiger partial charge in [-0.05, 0) is 23.5 Å². The standard InChI is InChI=1S/C16H19N5O6S3/c1-3-9(17-6-22)11(23)19-16(27-2)13(26)21-10(12(24)25)8(4-28-14(16)21)5-29-15-18-7-30-20-15/h6-7,9,14H,3-5H2,1-2H3,(H,17,22)(H,19,23)(H,24,25)/t9?,14?,16-/m0/s1. The molecule has 2 aliphatic rings. The van der Waals surface area contributed by atoms with Crippen molar-refractivity contribution in [2.24, 2.45) is 0 Å². The Morgan fingerprint density at radius 1 is 1.57 bits per heavy atom. The van der Waals surface area contributed by atoms with Gasteiger partial charge in [-0.1, -0.05) is 18.7 Å². The van der Waals surface area contributed by atoms with Crippen LogP contribution in [0.1, 0.15) is 13.3 Å². The molecular weight excluding hydrogens is 454 g/mol. The van der Waals surface area contributed by atoms with Crippen molar-refractivity contribution in [3.8, 4) is 0 Å². The van der Waals surface area contributed by atoms with Crippen molar-refractivity contribution in [1.29, 1.82) is 0 Å². The molecule has 3 N–H and O–H groups in total. The van der Waals surface area contributed by atoms with E-state index in [1.54, 1.807) is 12.4 Å². The molecule has 0 radical (unpaired) electrons. The summed E-state index contributed by atoms with van der Waals surface area (Å²) >= 11 is 3.77. The molecular formula is C16H19N5O6S3. The first-order valence-electron chi connectivity index (χ1n) is 8.76. The Labute approximate surface area is 184 Å². The normalized spacial score (nSPS) is 24.0. The Hall–Kier alpha value is -2.16. The van der Waals surface area contributed by atoms with Crippen LogP contribution in [-0.4, -0.2) is 79.3 Å². The van der Waals surface area contributed by atoms with E-state index in [2.05, 4.69) is 20.0 Å². The highest BCUT2D eigenvalue weighted by molar-refractivity contribution is 8.01. The van der Waals surface area contributed by atoms with E-state index in [1.807, 2.05) is 0 Å². The number of carboxylic acid groups (broad SMARTS) is 1. The van der Waals surface area contributed by atoms with E-state index in [1.165, 1.54) is 42.2 Å². The molecule has 14 heteroatoms. The van der Waals surface area contributed by atoms with E-state index in [4.69, 9.17) is 4.74 Å². The molecule has 3 amide bonds. The Morgan fingerprint density at radius 2 is 2.33 bits per heavy atom. The molecule has 0 aliphatic carbocycles. The molecule has 3 rings (SSSR count). The summed E-state index contributed by atoms with van der Waals surface area (Å²) in [5.41, 5.74) is 0.321. The van der Waals surface area contributed by atoms with Crippen molar-refractivity contribution in [3.63, 3.8) is 0 Å². The smallest absolute Gasteiger partial charge is 0.352 e. The van der Waals surface area contributed by atoms with Gasteiger partial charge in [0.2, 0.25) is 12.3 Å². The van der Waals surface area contributed by atoms with E-state index in [0.717, 1.165) is 4.90 Å². The van der Waals surface area contributed by atoms with Gasteiger partial charge in [0.25, 0.3) is 11.6 Å². The number of carbonyl (C=O) groups is 4. The molecule has 30 heavy (non-hydrogen) atoms. The molecule has 0 aromatic carbocycles. The fourth-order valence-corrected chi connectivity index (χ4v) is 6.14. The minimum absolute atomic E-state index is 0.119. The number of fused-ring (bicyclic) bond motifs is 1. The van der Waals surface area contributed by atoms with E-state index in [-0.39, 0.29) is 5.70 Å². The van der Waals surface area contributed by atoms with Gasteiger partial charge in [-0.3, -0.25) is 19.3 Å². The first-order valence-corrected chi connectivity index (χ1v) is 11.6. The lowest BCUT2D eigenvalue weighted by Crippen LogP contribution is -2.81. The average molecular weight is 474 g/mol. The van der Waals surface area contributed by atoms with Crippen LogP contribution in [0.15, 0.2) is 21.9 Å². The summed E-state index contributed by atoms with van der Waals surface area (Å²) < 4.78 is 9.46. The SMILES string of the molecule is CCC(NC=O)C(=O)N[C@]1(OC)C(=O)N2C(C(=O)O)=C(CSc3ncsn3)CSC21. The highest BCUT2D eigenvalue weighted by Gasteiger charge is 2.66. The predicted octanol–water partition coefficient (Wildman–Crippen LogP) is -0.132. The molecule has 1 aromatic heterocycles. The van der Waals surface area contributed by atoms with E-state index in [0.29, 0.717) is 35.1 Å². The lowest BCUT2D eigenvalue weighted by atomic mass is 9.97. The van der Waals surface area contributed by atoms with Crippen LogP contribution in [0.4, 0.5) is 0 Å². The van der Waals surface area contributed by atoms with Gasteiger partial charge in [0.05, 0.1) is 0 Å². The van der Waals surface area contributed by atoms with Gasteiger partial charge in [-0.25, -0.2) is 9.78 Å². The summed E-state index contributed by atoms with van der Waals surface area (Å²) in [6.45, 7) is 1.71. The number of hydrogen-bond donors (Lipinski definition) is 3. The van der Waals surface area contributed by atoms with Gasteiger partial charge in [-0.15, -0.1) is 11.8 Å². The number of amides is 3. The second-order valence-electron chi connectivity index (χ2n) is 6.27. The largest absolute Gasteiger partial charge is 0.477 e. The Balaban J connectivity index is 1.82. The number of thioether (sulfide) groups is 2. The fraction of sp³-hybridized carbons (Fsp3) is 0.500. The lowest BCUT2D eigenvalue weighted by molar-refractivity contribution is -0.192. The fourth-order valence-electron chi connectivity index (χ4n) is 3.16. The first-order chi connectivity index (χ1) is 14.4. The number of ether oxygens (including phenoxy) is 1. The van der Waals surface area contributed by atoms with Gasteiger partial charge in [-0.2, -0.15) is 4.37 Å². The highest BCUT2D eigenvalue weighted by atomic mass is 32.2. The Kier molecular flexibility index (Phi) is 7.00. The van der Waals surface area contributed by atoms with Crippen LogP contribution in [0.3, 0.4) is 0 Å². The molecule has 2 unspecified atom stereocenters. The molecule has 3 heterocycles. The monoisotopic (exact) mass is 473 g/mol. The minimum atomic E-state index is -1.70. The molecule has 0 saturated carbocycles. The van der Waals surface area contributed by atoms with E-state index < -0.39 is 34.9 Å². The number of rotatable bonds is 10. The number of aromatic nitrogens is 2. The summed E-state index contributed by atoms with van der Waals surface area (Å²) in [5, 5.41) is 14.5. The third-order valence-corrected chi connectivity index (χ3v) is 7.57. The molecule has 0 bridgehead atoms. The number of β-lactam (4-membered cyclic amide) rings is 1. The van der Waals surface area contributed by atoms with Crippen molar-refractivity contribution >= 4 is 59.3 Å². The number of aliphatic carboxylic acids is 1. The van der Waals surface area contributed by atoms with Crippen molar-refractivity contribution in [1.82, 2.24) is 24.9 Å². The minimum Gasteiger partial charge on any atom is -0.477 e. The van der Waals surface area contributed by atoms with Crippen LogP contribution in [0.2, 0.25) is 0 Å². The first kappa shape index (κ1) is 22.5. The number of nitrogens with zero attached hydrogens (tertiary/aromatic N) is 3. The van der Waals surface area contributed by atoms with Crippen LogP contribution in [0.5, 0.6) is 0 Å². The molecule has 2 aliphatic heterocycles. The van der Waals surface area contributed by atoms with Crippen LogP contribution in [0, 0.1) is 0 Å². The van der Waals surface area contributed by atoms with E-state index >= 15 is 0 Å². The number of methoxy groups -OCH3 is 1. The molecule has 0 spiro atoms. The van der Waals surface area contributed by atoms with Gasteiger partial charge in [0.1, 0.15) is 22.6 Å². The third-order valence-electron chi connectivity index (χ3n) is 4.65. The maximum atomic E-state index is 13.0. The van der Waals surface area contributed by atoms with Crippen LogP contribution in [-0.2, 0) is 23.9 Å². The van der Waals surface area contributed by atoms with Gasteiger partial charge >= 0.3 is 5.97 Å². The van der Waals surface area contributed by atoms with Crippen LogP contribution in [0.25, 0.3) is 0 Å². The van der Waals surface area contributed by atoms with Gasteiger partial charge < -0.3 is 20.5 Å². The maximum Gasteiger partial charge on any atom is 0.352 e. The van der Waals surface area contributed by atoms with Gasteiger partial charge in [0, 0.05) is 18.6 Å². The summed E-state index contributed by atoms with van der Waals surface area (Å²) in [5.74, 6) is -1.85. The zero-order chi connectivity index (χ0) is 21.9. The average Bonchev–Trinajstić information content (AvgIpc) is 3.26. The molecule has 162 valence electrons. The van der Waals surface area contributed by atoms with Crippen molar-refractivity contribution in [2.75, 3.05) is 18.6 Å². The summed E-state index contributed by atoms with van der Waals surface area (Å²) in [6, 6.07) is -0.836. The van der Waals surface area contributed by atoms with Crippen LogP contribution >= 0.6 is 35.1 Å². The van der Waals surface area contributed by atoms with Crippen molar-refractivity contribution in [2.45, 2.75) is 35.6 Å². The maximum absolute atomic E-state index is 13.0. The molecule has 1 fully saturated rings. The van der Waals surface area contributed by atoms with Crippen LogP contribution < -0.4 is 10.6 Å². The summed E-state index contributed by atoms with van der Waals surface area (Å²) in [7, 11) is 1.27. The number of hydrogen-bond acceptors (Lipinski definition) is 10. The Morgan fingerprint density at radius 3 is 2.90 bits per heavy atom. The third kappa shape index (κ3) is 3.91. The molecule has 1 saturated heterocycles. The van der Waals surface area contributed by atoms with Gasteiger partial charge in [0.15, 0.2) is 5.16 Å². The zero-order valence-corrected chi connectivity index (χ0v) is 18.4. The predicted molar refractivity (Wildman–Crippen MR) is 110 cm³/mol. The second kappa shape index (κ2) is 9.32. The summed E-state index contributed by atoms with van der Waals surface area (Å²) in [6.07, 6.45) is 0.719.